The van der Waals surface area contributed by atoms with Crippen LogP contribution in [0.1, 0.15) is 103 Å². The van der Waals surface area contributed by atoms with Crippen LogP contribution in [0, 0.1) is 45.8 Å². The molecule has 9 aliphatic rings. The summed E-state index contributed by atoms with van der Waals surface area (Å²) in [4.78, 5) is 15.0. The van der Waals surface area contributed by atoms with Gasteiger partial charge in [-0.15, -0.1) is 0 Å². The lowest BCUT2D eigenvalue weighted by Crippen LogP contribution is -2.70. The van der Waals surface area contributed by atoms with Gasteiger partial charge in [0.2, 0.25) is 0 Å². The number of aliphatic hydroxyl groups is 6. The van der Waals surface area contributed by atoms with Gasteiger partial charge in [0.1, 0.15) is 22.7 Å². The van der Waals surface area contributed by atoms with Crippen molar-refractivity contribution in [1.82, 2.24) is 0 Å². The van der Waals surface area contributed by atoms with E-state index in [1.165, 1.54) is 6.07 Å². The van der Waals surface area contributed by atoms with Gasteiger partial charge >= 0.3 is 0 Å². The van der Waals surface area contributed by atoms with Crippen molar-refractivity contribution in [2.24, 2.45) is 45.8 Å². The summed E-state index contributed by atoms with van der Waals surface area (Å²) in [6.45, 7) is 7.98. The molecule has 11 heteroatoms. The third kappa shape index (κ3) is 4.53. The Labute approximate surface area is 323 Å². The molecule has 1 saturated heterocycles. The standard InChI is InChI=1S/C44H60O11/c1-23-37(50)44(24-6-10-38(23,2)11-7-24)42(52,14-16-46)36-32(55-44)21-43(53)29-20-31(49)35-34-27-18-25(47)19-30(48)26(27)8-13-41(34,51)33(54-17-5-15-45)22-39(35,3)28(29)9-12-40(36,43)4/h6,10,18-20,23-24,28,32-37,45-48,50-53H,5,7-9,11-17,21-22H2,1-4H3/t23-,24-,28+,32+,33+,34-,35-,36+,37+,38+,39-,40-,41+,42-,43-,44+/m1/s1. The van der Waals surface area contributed by atoms with E-state index in [1.54, 1.807) is 12.1 Å². The number of carbonyl (C=O) groups excluding carboxylic acids is 1. The van der Waals surface area contributed by atoms with Gasteiger partial charge in [-0.25, -0.2) is 0 Å². The van der Waals surface area contributed by atoms with E-state index < -0.39 is 69.3 Å². The fraction of sp³-hybridized carbons (Fsp3) is 0.750. The minimum Gasteiger partial charge on any atom is -0.508 e. The van der Waals surface area contributed by atoms with Crippen molar-refractivity contribution in [3.05, 3.63) is 47.1 Å². The Morgan fingerprint density at radius 3 is 2.42 bits per heavy atom. The van der Waals surface area contributed by atoms with Gasteiger partial charge < -0.3 is 50.3 Å². The van der Waals surface area contributed by atoms with Gasteiger partial charge in [0.25, 0.3) is 0 Å². The Morgan fingerprint density at radius 1 is 0.964 bits per heavy atom. The summed E-state index contributed by atoms with van der Waals surface area (Å²) < 4.78 is 13.6. The van der Waals surface area contributed by atoms with Crippen LogP contribution < -0.4 is 0 Å². The van der Waals surface area contributed by atoms with Crippen molar-refractivity contribution in [1.29, 1.82) is 0 Å². The first-order valence-corrected chi connectivity index (χ1v) is 20.8. The van der Waals surface area contributed by atoms with Gasteiger partial charge in [-0.2, -0.15) is 0 Å². The number of benzene rings is 1. The quantitative estimate of drug-likeness (QED) is 0.156. The number of ether oxygens (including phenoxy) is 2. The van der Waals surface area contributed by atoms with Gasteiger partial charge in [-0.05, 0) is 103 Å². The zero-order valence-electron chi connectivity index (χ0n) is 32.6. The molecule has 0 unspecified atom stereocenters. The molecule has 8 N–H and O–H groups in total. The summed E-state index contributed by atoms with van der Waals surface area (Å²) in [5, 5.41) is 93.6. The van der Waals surface area contributed by atoms with Gasteiger partial charge in [-0.3, -0.25) is 4.79 Å². The number of rotatable bonds is 6. The van der Waals surface area contributed by atoms with Crippen LogP contribution in [-0.2, 0) is 20.7 Å². The van der Waals surface area contributed by atoms with Crippen LogP contribution in [-0.4, -0.2) is 107 Å². The van der Waals surface area contributed by atoms with Gasteiger partial charge in [0.15, 0.2) is 5.78 Å². The second-order valence-electron chi connectivity index (χ2n) is 19.8. The average molecular weight is 765 g/mol. The minimum atomic E-state index is -1.69. The maximum Gasteiger partial charge on any atom is 0.160 e. The highest BCUT2D eigenvalue weighted by molar-refractivity contribution is 5.96. The van der Waals surface area contributed by atoms with E-state index in [0.29, 0.717) is 48.8 Å². The molecular weight excluding hydrogens is 704 g/mol. The molecule has 1 aliphatic heterocycles. The number of hydrogen-bond donors (Lipinski definition) is 8. The molecule has 8 aliphatic carbocycles. The Kier molecular flexibility index (Phi) is 8.40. The highest BCUT2D eigenvalue weighted by Gasteiger charge is 2.82. The number of phenols is 2. The molecule has 0 amide bonds. The van der Waals surface area contributed by atoms with E-state index in [2.05, 4.69) is 19.1 Å². The van der Waals surface area contributed by atoms with Gasteiger partial charge in [-0.1, -0.05) is 39.8 Å². The van der Waals surface area contributed by atoms with Crippen LogP contribution in [0.3, 0.4) is 0 Å². The Balaban J connectivity index is 1.15. The summed E-state index contributed by atoms with van der Waals surface area (Å²) in [6.07, 6.45) is 7.37. The lowest BCUT2D eigenvalue weighted by molar-refractivity contribution is -0.246. The number of ketones is 1. The predicted octanol–water partition coefficient (Wildman–Crippen LogP) is 3.56. The number of fused-ring (bicyclic) bond motifs is 13. The molecule has 5 fully saturated rings. The number of aromatic hydroxyl groups is 2. The van der Waals surface area contributed by atoms with E-state index in [9.17, 15) is 45.6 Å². The van der Waals surface area contributed by atoms with Crippen molar-refractivity contribution >= 4 is 5.78 Å². The first-order chi connectivity index (χ1) is 25.9. The van der Waals surface area contributed by atoms with Crippen molar-refractivity contribution in [3.63, 3.8) is 0 Å². The molecule has 1 spiro atoms. The highest BCUT2D eigenvalue weighted by Crippen LogP contribution is 2.75. The maximum atomic E-state index is 15.0. The number of allylic oxidation sites excluding steroid dienone is 2. The number of phenolic OH excluding ortho intramolecular Hbond substituents is 2. The molecule has 1 aromatic carbocycles. The smallest absolute Gasteiger partial charge is 0.160 e. The third-order valence-corrected chi connectivity index (χ3v) is 17.7. The molecule has 55 heavy (non-hydrogen) atoms. The zero-order valence-corrected chi connectivity index (χ0v) is 32.6. The average Bonchev–Trinajstić information content (AvgIpc) is 3.47. The molecule has 11 nitrogen and oxygen atoms in total. The second kappa shape index (κ2) is 12.1. The largest absolute Gasteiger partial charge is 0.508 e. The molecule has 302 valence electrons. The molecule has 4 saturated carbocycles. The first-order valence-electron chi connectivity index (χ1n) is 20.8. The van der Waals surface area contributed by atoms with E-state index in [4.69, 9.17) is 9.47 Å². The van der Waals surface area contributed by atoms with Crippen LogP contribution >= 0.6 is 0 Å². The fourth-order valence-electron chi connectivity index (χ4n) is 14.8. The van der Waals surface area contributed by atoms with Crippen LogP contribution in [0.25, 0.3) is 0 Å². The van der Waals surface area contributed by atoms with E-state index in [-0.39, 0.29) is 79.5 Å². The second-order valence-corrected chi connectivity index (χ2v) is 19.8. The summed E-state index contributed by atoms with van der Waals surface area (Å²) in [7, 11) is 0. The molecule has 0 radical (unpaired) electrons. The predicted molar refractivity (Wildman–Crippen MR) is 200 cm³/mol. The molecule has 16 atom stereocenters. The van der Waals surface area contributed by atoms with Gasteiger partial charge in [0.05, 0.1) is 29.5 Å². The number of hydrogen-bond acceptors (Lipinski definition) is 11. The van der Waals surface area contributed by atoms with E-state index in [1.807, 2.05) is 20.8 Å². The van der Waals surface area contributed by atoms with Crippen LogP contribution in [0.15, 0.2) is 35.9 Å². The third-order valence-electron chi connectivity index (χ3n) is 17.7. The normalized spacial score (nSPS) is 51.8. The van der Waals surface area contributed by atoms with Crippen molar-refractivity contribution in [2.75, 3.05) is 19.8 Å². The Morgan fingerprint density at radius 2 is 1.73 bits per heavy atom. The first kappa shape index (κ1) is 38.2. The number of aliphatic hydroxyl groups excluding tert-OH is 3. The SMILES string of the molecule is C[C@@H]1[C@H](O)[C@@]2(O[C@H]3C[C@@]4(O)C5=CC(=O)[C@@H]6[C@H]7c8cc(O)cc(O)c8CC[C@]7(O)[C@@H](OCCCO)C[C@]6(C)[C@H]5CC[C@]4(C)[C@H]3[C@]2(O)CCO)[C@@H]2C=C[C@@]1(C)CC2. The maximum absolute atomic E-state index is 15.0. The van der Waals surface area contributed by atoms with E-state index >= 15 is 0 Å². The molecule has 2 bridgehead atoms. The van der Waals surface area contributed by atoms with Gasteiger partial charge in [0, 0.05) is 67.8 Å². The van der Waals surface area contributed by atoms with Crippen molar-refractivity contribution < 1.29 is 55.1 Å². The zero-order chi connectivity index (χ0) is 39.3. The summed E-state index contributed by atoms with van der Waals surface area (Å²) >= 11 is 0. The minimum absolute atomic E-state index is 0.0297. The lowest BCUT2D eigenvalue weighted by Gasteiger charge is -2.65. The van der Waals surface area contributed by atoms with E-state index in [0.717, 1.165) is 12.8 Å². The molecule has 1 heterocycles. The fourth-order valence-corrected chi connectivity index (χ4v) is 14.8. The van der Waals surface area contributed by atoms with Crippen molar-refractivity contribution in [2.45, 2.75) is 139 Å². The topological polar surface area (TPSA) is 197 Å². The molecular formula is C44H60O11. The Hall–Kier alpha value is -2.35. The molecule has 0 aromatic heterocycles. The van der Waals surface area contributed by atoms with Crippen molar-refractivity contribution in [3.8, 4) is 11.5 Å². The summed E-state index contributed by atoms with van der Waals surface area (Å²) in [5.41, 5.74) is -6.51. The summed E-state index contributed by atoms with van der Waals surface area (Å²) in [5.74, 6) is -3.55. The lowest BCUT2D eigenvalue weighted by atomic mass is 9.41. The molecule has 1 aromatic rings. The van der Waals surface area contributed by atoms with Crippen LogP contribution in [0.5, 0.6) is 11.5 Å². The van der Waals surface area contributed by atoms with Crippen LogP contribution in [0.2, 0.25) is 0 Å². The number of carbonyl (C=O) groups is 1. The monoisotopic (exact) mass is 764 g/mol. The summed E-state index contributed by atoms with van der Waals surface area (Å²) in [6, 6.07) is 2.84. The van der Waals surface area contributed by atoms with Crippen LogP contribution in [0.4, 0.5) is 0 Å². The molecule has 10 rings (SSSR count). The Bertz CT molecular complexity index is 1840. The highest BCUT2D eigenvalue weighted by atomic mass is 16.6.